The van der Waals surface area contributed by atoms with E-state index in [0.717, 1.165) is 19.4 Å². The first kappa shape index (κ1) is 12.9. The molecule has 0 unspecified atom stereocenters. The molecule has 7 nitrogen and oxygen atoms in total. The van der Waals surface area contributed by atoms with Crippen LogP contribution in [-0.4, -0.2) is 28.7 Å². The van der Waals surface area contributed by atoms with Gasteiger partial charge in [0.2, 0.25) is 0 Å². The molecule has 1 aromatic heterocycles. The molecule has 0 atom stereocenters. The number of ether oxygens (including phenoxy) is 1. The van der Waals surface area contributed by atoms with Crippen molar-refractivity contribution in [2.24, 2.45) is 0 Å². The van der Waals surface area contributed by atoms with Crippen molar-refractivity contribution < 1.29 is 14.1 Å². The SMILES string of the molecule is CCOC1CC(Nc2nc3cc([N+](=O)[O-])ccc3o2)C1. The Bertz CT molecular complexity index is 634. The van der Waals surface area contributed by atoms with Crippen LogP contribution in [0.25, 0.3) is 11.1 Å². The lowest BCUT2D eigenvalue weighted by atomic mass is 9.89. The first-order valence-corrected chi connectivity index (χ1v) is 6.59. The fourth-order valence-electron chi connectivity index (χ4n) is 2.32. The van der Waals surface area contributed by atoms with Gasteiger partial charge in [0.1, 0.15) is 5.52 Å². The summed E-state index contributed by atoms with van der Waals surface area (Å²) in [5, 5.41) is 13.9. The van der Waals surface area contributed by atoms with Gasteiger partial charge in [-0.05, 0) is 25.8 Å². The largest absolute Gasteiger partial charge is 0.424 e. The molecule has 1 fully saturated rings. The Morgan fingerprint density at radius 2 is 2.35 bits per heavy atom. The van der Waals surface area contributed by atoms with Gasteiger partial charge in [-0.1, -0.05) is 0 Å². The predicted molar refractivity (Wildman–Crippen MR) is 72.7 cm³/mol. The number of benzene rings is 1. The molecule has 2 aromatic rings. The van der Waals surface area contributed by atoms with Crippen molar-refractivity contribution in [3.8, 4) is 0 Å². The van der Waals surface area contributed by atoms with E-state index in [1.807, 2.05) is 6.92 Å². The van der Waals surface area contributed by atoms with E-state index < -0.39 is 4.92 Å². The number of nitro groups is 1. The average molecular weight is 277 g/mol. The van der Waals surface area contributed by atoms with Crippen LogP contribution in [-0.2, 0) is 4.74 Å². The third-order valence-corrected chi connectivity index (χ3v) is 3.41. The summed E-state index contributed by atoms with van der Waals surface area (Å²) in [5.74, 6) is 0. The van der Waals surface area contributed by atoms with Gasteiger partial charge in [-0.25, -0.2) is 0 Å². The third-order valence-electron chi connectivity index (χ3n) is 3.41. The van der Waals surface area contributed by atoms with Crippen LogP contribution >= 0.6 is 0 Å². The number of non-ortho nitro benzene ring substituents is 1. The first-order valence-electron chi connectivity index (χ1n) is 6.59. The zero-order valence-corrected chi connectivity index (χ0v) is 11.0. The molecule has 1 aliphatic carbocycles. The highest BCUT2D eigenvalue weighted by Gasteiger charge is 2.30. The molecule has 0 aliphatic heterocycles. The molecule has 1 heterocycles. The Kier molecular flexibility index (Phi) is 3.27. The summed E-state index contributed by atoms with van der Waals surface area (Å²) in [5.41, 5.74) is 1.04. The molecule has 1 saturated carbocycles. The monoisotopic (exact) mass is 277 g/mol. The second-order valence-corrected chi connectivity index (χ2v) is 4.82. The van der Waals surface area contributed by atoms with E-state index >= 15 is 0 Å². The van der Waals surface area contributed by atoms with Gasteiger partial charge >= 0.3 is 0 Å². The fraction of sp³-hybridized carbons (Fsp3) is 0.462. The Balaban J connectivity index is 1.69. The normalized spacial score (nSPS) is 21.6. The maximum atomic E-state index is 10.7. The Labute approximate surface area is 115 Å². The molecule has 1 N–H and O–H groups in total. The van der Waals surface area contributed by atoms with Gasteiger partial charge < -0.3 is 14.5 Å². The molecule has 0 radical (unpaired) electrons. The highest BCUT2D eigenvalue weighted by Crippen LogP contribution is 2.29. The van der Waals surface area contributed by atoms with Gasteiger partial charge in [-0.2, -0.15) is 4.98 Å². The molecule has 7 heteroatoms. The van der Waals surface area contributed by atoms with Gasteiger partial charge in [-0.3, -0.25) is 10.1 Å². The summed E-state index contributed by atoms with van der Waals surface area (Å²) in [4.78, 5) is 14.5. The van der Waals surface area contributed by atoms with Crippen LogP contribution < -0.4 is 5.32 Å². The van der Waals surface area contributed by atoms with Gasteiger partial charge in [0.15, 0.2) is 5.58 Å². The molecular weight excluding hydrogens is 262 g/mol. The first-order chi connectivity index (χ1) is 9.65. The lowest BCUT2D eigenvalue weighted by molar-refractivity contribution is -0.384. The number of nitrogens with zero attached hydrogens (tertiary/aromatic N) is 2. The van der Waals surface area contributed by atoms with E-state index in [9.17, 15) is 10.1 Å². The lowest BCUT2D eigenvalue weighted by Gasteiger charge is -2.34. The Morgan fingerprint density at radius 3 is 3.05 bits per heavy atom. The zero-order valence-electron chi connectivity index (χ0n) is 11.0. The number of fused-ring (bicyclic) bond motifs is 1. The van der Waals surface area contributed by atoms with Crippen LogP contribution in [0.4, 0.5) is 11.7 Å². The average Bonchev–Trinajstić information content (AvgIpc) is 2.77. The second kappa shape index (κ2) is 5.09. The van der Waals surface area contributed by atoms with Crippen LogP contribution in [0, 0.1) is 10.1 Å². The van der Waals surface area contributed by atoms with E-state index in [2.05, 4.69) is 10.3 Å². The number of aromatic nitrogens is 1. The van der Waals surface area contributed by atoms with Crippen LogP contribution in [0.15, 0.2) is 22.6 Å². The molecular formula is C13H15N3O4. The van der Waals surface area contributed by atoms with Gasteiger partial charge in [0.25, 0.3) is 11.7 Å². The smallest absolute Gasteiger partial charge is 0.295 e. The molecule has 106 valence electrons. The van der Waals surface area contributed by atoms with Crippen LogP contribution in [0.5, 0.6) is 0 Å². The van der Waals surface area contributed by atoms with Crippen molar-refractivity contribution in [2.75, 3.05) is 11.9 Å². The maximum Gasteiger partial charge on any atom is 0.295 e. The summed E-state index contributed by atoms with van der Waals surface area (Å²) < 4.78 is 11.0. The summed E-state index contributed by atoms with van der Waals surface area (Å²) in [7, 11) is 0. The van der Waals surface area contributed by atoms with Gasteiger partial charge in [0, 0.05) is 24.8 Å². The summed E-state index contributed by atoms with van der Waals surface area (Å²) in [6.07, 6.45) is 2.15. The van der Waals surface area contributed by atoms with Crippen LogP contribution in [0.3, 0.4) is 0 Å². The molecule has 0 amide bonds. The fourth-order valence-corrected chi connectivity index (χ4v) is 2.32. The third kappa shape index (κ3) is 2.44. The van der Waals surface area contributed by atoms with Gasteiger partial charge in [0.05, 0.1) is 11.0 Å². The van der Waals surface area contributed by atoms with E-state index in [4.69, 9.17) is 9.15 Å². The molecule has 1 aliphatic rings. The zero-order chi connectivity index (χ0) is 14.1. The lowest BCUT2D eigenvalue weighted by Crippen LogP contribution is -2.40. The minimum absolute atomic E-state index is 0.0115. The minimum Gasteiger partial charge on any atom is -0.424 e. The van der Waals surface area contributed by atoms with E-state index in [-0.39, 0.29) is 11.7 Å². The number of rotatable bonds is 5. The second-order valence-electron chi connectivity index (χ2n) is 4.82. The van der Waals surface area contributed by atoms with Crippen LogP contribution in [0.2, 0.25) is 0 Å². The van der Waals surface area contributed by atoms with Crippen molar-refractivity contribution in [2.45, 2.75) is 31.9 Å². The molecule has 0 bridgehead atoms. The van der Waals surface area contributed by atoms with E-state index in [0.29, 0.717) is 23.2 Å². The number of nitrogens with one attached hydrogen (secondary N) is 1. The van der Waals surface area contributed by atoms with E-state index in [1.165, 1.54) is 12.1 Å². The van der Waals surface area contributed by atoms with Crippen molar-refractivity contribution in [3.63, 3.8) is 0 Å². The Hall–Kier alpha value is -2.15. The maximum absolute atomic E-state index is 10.7. The number of hydrogen-bond acceptors (Lipinski definition) is 6. The summed E-state index contributed by atoms with van der Waals surface area (Å²) >= 11 is 0. The molecule has 0 saturated heterocycles. The molecule has 0 spiro atoms. The molecule has 20 heavy (non-hydrogen) atoms. The number of hydrogen-bond donors (Lipinski definition) is 1. The number of oxazole rings is 1. The minimum atomic E-state index is -0.445. The molecule has 3 rings (SSSR count). The van der Waals surface area contributed by atoms with Gasteiger partial charge in [-0.15, -0.1) is 0 Å². The number of nitro benzene ring substituents is 1. The highest BCUT2D eigenvalue weighted by atomic mass is 16.6. The topological polar surface area (TPSA) is 90.4 Å². The van der Waals surface area contributed by atoms with Crippen molar-refractivity contribution >= 4 is 22.8 Å². The summed E-state index contributed by atoms with van der Waals surface area (Å²) in [6, 6.07) is 5.07. The molecule has 1 aromatic carbocycles. The van der Waals surface area contributed by atoms with E-state index in [1.54, 1.807) is 6.07 Å². The Morgan fingerprint density at radius 1 is 1.55 bits per heavy atom. The van der Waals surface area contributed by atoms with Crippen LogP contribution in [0.1, 0.15) is 19.8 Å². The van der Waals surface area contributed by atoms with Crippen molar-refractivity contribution in [1.29, 1.82) is 0 Å². The van der Waals surface area contributed by atoms with Crippen molar-refractivity contribution in [3.05, 3.63) is 28.3 Å². The summed E-state index contributed by atoms with van der Waals surface area (Å²) in [6.45, 7) is 2.71. The standard InChI is InChI=1S/C13H15N3O4/c1-2-19-10-5-8(6-10)14-13-15-11-7-9(16(17)18)3-4-12(11)20-13/h3-4,7-8,10H,2,5-6H2,1H3,(H,14,15). The number of anilines is 1. The van der Waals surface area contributed by atoms with Crippen molar-refractivity contribution in [1.82, 2.24) is 4.98 Å². The highest BCUT2D eigenvalue weighted by molar-refractivity contribution is 5.77. The quantitative estimate of drug-likeness (QED) is 0.667. The predicted octanol–water partition coefficient (Wildman–Crippen LogP) is 2.72.